The van der Waals surface area contributed by atoms with E-state index in [9.17, 15) is 19.2 Å². The number of nitrogens with zero attached hydrogens (tertiary/aromatic N) is 5. The number of hydrogen-bond donors (Lipinski definition) is 3. The molecule has 0 bridgehead atoms. The summed E-state index contributed by atoms with van der Waals surface area (Å²) in [4.78, 5) is 53.0. The molecule has 3 heterocycles. The number of aromatic nitrogens is 6. The van der Waals surface area contributed by atoms with Crippen LogP contribution in [0.15, 0.2) is 52.3 Å². The zero-order chi connectivity index (χ0) is 22.1. The van der Waals surface area contributed by atoms with Gasteiger partial charge in [0.25, 0.3) is 17.4 Å². The number of benzene rings is 1. The van der Waals surface area contributed by atoms with Crippen molar-refractivity contribution in [3.8, 4) is 11.3 Å². The van der Waals surface area contributed by atoms with E-state index in [1.54, 1.807) is 6.07 Å². The Labute approximate surface area is 174 Å². The summed E-state index contributed by atoms with van der Waals surface area (Å²) >= 11 is 0. The van der Waals surface area contributed by atoms with E-state index in [0.29, 0.717) is 5.69 Å². The largest absolute Gasteiger partial charge is 0.332 e. The first-order valence-electron chi connectivity index (χ1n) is 9.17. The lowest BCUT2D eigenvalue weighted by Crippen LogP contribution is -2.43. The molecule has 4 aromatic rings. The molecule has 2 amide bonds. The lowest BCUT2D eigenvalue weighted by molar-refractivity contribution is -0.122. The van der Waals surface area contributed by atoms with E-state index in [1.807, 2.05) is 30.3 Å². The third kappa shape index (κ3) is 3.61. The maximum absolute atomic E-state index is 12.4. The Morgan fingerprint density at radius 1 is 1.06 bits per heavy atom. The summed E-state index contributed by atoms with van der Waals surface area (Å²) in [6.45, 7) is -0.289. The molecule has 0 aliphatic heterocycles. The Hall–Kier alpha value is -4.48. The first-order valence-corrected chi connectivity index (χ1v) is 9.17. The van der Waals surface area contributed by atoms with Crippen LogP contribution in [0.4, 0.5) is 0 Å². The quantitative estimate of drug-likeness (QED) is 0.370. The third-order valence-corrected chi connectivity index (χ3v) is 4.74. The van der Waals surface area contributed by atoms with Crippen LogP contribution in [-0.4, -0.2) is 40.7 Å². The van der Waals surface area contributed by atoms with Gasteiger partial charge in [-0.1, -0.05) is 30.3 Å². The first-order chi connectivity index (χ1) is 14.9. The molecular formula is C19H18N8O4. The number of nitrogens with one attached hydrogen (secondary N) is 3. The van der Waals surface area contributed by atoms with Gasteiger partial charge in [-0.25, -0.2) is 9.78 Å². The molecule has 3 N–H and O–H groups in total. The van der Waals surface area contributed by atoms with Gasteiger partial charge in [0, 0.05) is 19.7 Å². The summed E-state index contributed by atoms with van der Waals surface area (Å²) in [6.07, 6.45) is 1.29. The Morgan fingerprint density at radius 3 is 2.55 bits per heavy atom. The predicted molar refractivity (Wildman–Crippen MR) is 110 cm³/mol. The van der Waals surface area contributed by atoms with E-state index in [1.165, 1.54) is 29.6 Å². The monoisotopic (exact) mass is 422 g/mol. The number of aromatic amines is 1. The van der Waals surface area contributed by atoms with Crippen molar-refractivity contribution in [3.05, 3.63) is 69.3 Å². The summed E-state index contributed by atoms with van der Waals surface area (Å²) in [5, 5.41) is 6.70. The highest BCUT2D eigenvalue weighted by Crippen LogP contribution is 2.16. The second kappa shape index (κ2) is 7.74. The average Bonchev–Trinajstić information content (AvgIpc) is 3.43. The van der Waals surface area contributed by atoms with Gasteiger partial charge in [-0.15, -0.1) is 0 Å². The Kier molecular flexibility index (Phi) is 4.95. The van der Waals surface area contributed by atoms with E-state index < -0.39 is 23.1 Å². The fourth-order valence-corrected chi connectivity index (χ4v) is 3.10. The topological polar surface area (TPSA) is 149 Å². The van der Waals surface area contributed by atoms with Crippen molar-refractivity contribution >= 4 is 23.0 Å². The minimum Gasteiger partial charge on any atom is -0.315 e. The lowest BCUT2D eigenvalue weighted by atomic mass is 10.1. The Balaban J connectivity index is 1.45. The highest BCUT2D eigenvalue weighted by Gasteiger charge is 2.17. The van der Waals surface area contributed by atoms with E-state index >= 15 is 0 Å². The van der Waals surface area contributed by atoms with Gasteiger partial charge in [0.2, 0.25) is 0 Å². The number of amides is 2. The molecule has 158 valence electrons. The summed E-state index contributed by atoms with van der Waals surface area (Å²) in [5.74, 6) is -1.18. The van der Waals surface area contributed by atoms with E-state index in [4.69, 9.17) is 0 Å². The molecule has 4 rings (SSSR count). The molecule has 0 saturated carbocycles. The van der Waals surface area contributed by atoms with Gasteiger partial charge >= 0.3 is 5.69 Å². The van der Waals surface area contributed by atoms with Gasteiger partial charge in [-0.2, -0.15) is 5.10 Å². The van der Waals surface area contributed by atoms with Crippen molar-refractivity contribution in [1.82, 2.24) is 39.7 Å². The van der Waals surface area contributed by atoms with Crippen molar-refractivity contribution in [2.75, 3.05) is 0 Å². The number of imidazole rings is 1. The SMILES string of the molecule is Cn1c(=O)c2c(ncn2CC(=O)NNC(=O)c2cc(-c3ccccc3)n[nH]2)n(C)c1=O. The van der Waals surface area contributed by atoms with Crippen molar-refractivity contribution < 1.29 is 9.59 Å². The van der Waals surface area contributed by atoms with Crippen LogP contribution < -0.4 is 22.1 Å². The van der Waals surface area contributed by atoms with Gasteiger partial charge in [-0.05, 0) is 6.07 Å². The number of hydrogen-bond acceptors (Lipinski definition) is 6. The second-order valence-corrected chi connectivity index (χ2v) is 6.79. The number of carbonyl (C=O) groups is 2. The minimum absolute atomic E-state index is 0.104. The summed E-state index contributed by atoms with van der Waals surface area (Å²) in [6, 6.07) is 10.9. The fourth-order valence-electron chi connectivity index (χ4n) is 3.10. The van der Waals surface area contributed by atoms with E-state index in [0.717, 1.165) is 10.1 Å². The molecule has 0 spiro atoms. The van der Waals surface area contributed by atoms with Crippen molar-refractivity contribution in [2.24, 2.45) is 14.1 Å². The van der Waals surface area contributed by atoms with Crippen LogP contribution in [0.2, 0.25) is 0 Å². The van der Waals surface area contributed by atoms with Crippen molar-refractivity contribution in [3.63, 3.8) is 0 Å². The molecule has 3 aromatic heterocycles. The van der Waals surface area contributed by atoms with Gasteiger partial charge in [0.15, 0.2) is 11.2 Å². The van der Waals surface area contributed by atoms with Gasteiger partial charge in [0.1, 0.15) is 12.2 Å². The summed E-state index contributed by atoms with van der Waals surface area (Å²) in [7, 11) is 2.83. The van der Waals surface area contributed by atoms with Gasteiger partial charge in [0.05, 0.1) is 12.0 Å². The highest BCUT2D eigenvalue weighted by atomic mass is 16.2. The molecule has 1 aromatic carbocycles. The normalized spacial score (nSPS) is 10.9. The molecule has 0 saturated heterocycles. The van der Waals surface area contributed by atoms with E-state index in [2.05, 4.69) is 26.0 Å². The Bertz CT molecular complexity index is 1410. The number of rotatable bonds is 4. The maximum atomic E-state index is 12.4. The minimum atomic E-state index is -0.591. The van der Waals surface area contributed by atoms with Crippen LogP contribution in [0.25, 0.3) is 22.4 Å². The third-order valence-electron chi connectivity index (χ3n) is 4.74. The Morgan fingerprint density at radius 2 is 1.81 bits per heavy atom. The first kappa shape index (κ1) is 19.8. The van der Waals surface area contributed by atoms with Gasteiger partial charge < -0.3 is 4.57 Å². The molecule has 0 aliphatic rings. The molecular weight excluding hydrogens is 404 g/mol. The summed E-state index contributed by atoms with van der Waals surface area (Å²) in [5.41, 5.74) is 5.33. The number of H-pyrrole nitrogens is 1. The lowest BCUT2D eigenvalue weighted by Gasteiger charge is -2.08. The van der Waals surface area contributed by atoms with Crippen LogP contribution >= 0.6 is 0 Å². The molecule has 0 aliphatic carbocycles. The molecule has 12 nitrogen and oxygen atoms in total. The van der Waals surface area contributed by atoms with Gasteiger partial charge in [-0.3, -0.25) is 39.5 Å². The van der Waals surface area contributed by atoms with Crippen LogP contribution in [0.5, 0.6) is 0 Å². The fraction of sp³-hybridized carbons (Fsp3) is 0.158. The van der Waals surface area contributed by atoms with Crippen LogP contribution in [-0.2, 0) is 25.4 Å². The van der Waals surface area contributed by atoms with Crippen LogP contribution in [0, 0.1) is 0 Å². The van der Waals surface area contributed by atoms with Crippen LogP contribution in [0.1, 0.15) is 10.5 Å². The van der Waals surface area contributed by atoms with Crippen LogP contribution in [0.3, 0.4) is 0 Å². The van der Waals surface area contributed by atoms with Crippen molar-refractivity contribution in [2.45, 2.75) is 6.54 Å². The zero-order valence-corrected chi connectivity index (χ0v) is 16.6. The average molecular weight is 422 g/mol. The number of aryl methyl sites for hydroxylation is 1. The molecule has 12 heteroatoms. The molecule has 0 radical (unpaired) electrons. The molecule has 0 fully saturated rings. The van der Waals surface area contributed by atoms with Crippen molar-refractivity contribution in [1.29, 1.82) is 0 Å². The zero-order valence-electron chi connectivity index (χ0n) is 16.6. The highest BCUT2D eigenvalue weighted by molar-refractivity contribution is 5.94. The molecule has 0 unspecified atom stereocenters. The van der Waals surface area contributed by atoms with E-state index in [-0.39, 0.29) is 23.4 Å². The maximum Gasteiger partial charge on any atom is 0.332 e. The number of fused-ring (bicyclic) bond motifs is 1. The smallest absolute Gasteiger partial charge is 0.315 e. The number of carbonyl (C=O) groups excluding carboxylic acids is 2. The standard InChI is InChI=1S/C19H18N8O4/c1-25-16-15(18(30)26(2)19(25)31)27(10-20-16)9-14(28)23-24-17(29)13-8-12(21-22-13)11-6-4-3-5-7-11/h3-8,10H,9H2,1-2H3,(H,21,22)(H,23,28)(H,24,29). The summed E-state index contributed by atoms with van der Waals surface area (Å²) < 4.78 is 3.46. The second-order valence-electron chi connectivity index (χ2n) is 6.79. The molecule has 31 heavy (non-hydrogen) atoms. The predicted octanol–water partition coefficient (Wildman–Crippen LogP) is -0.715. The molecule has 0 atom stereocenters. The number of hydrazine groups is 1.